The first-order chi connectivity index (χ1) is 10.1. The minimum Gasteiger partial charge on any atom is -0.496 e. The number of benzene rings is 1. The van der Waals surface area contributed by atoms with Gasteiger partial charge in [-0.15, -0.1) is 0 Å². The number of morpholine rings is 1. The van der Waals surface area contributed by atoms with Crippen molar-refractivity contribution in [1.29, 1.82) is 0 Å². The summed E-state index contributed by atoms with van der Waals surface area (Å²) in [6, 6.07) is 6.02. The molecule has 0 amide bonds. The number of hydrogen-bond acceptors (Lipinski definition) is 4. The summed E-state index contributed by atoms with van der Waals surface area (Å²) in [5.41, 5.74) is 1.12. The molecule has 0 saturated carbocycles. The molecule has 5 heteroatoms. The molecule has 4 nitrogen and oxygen atoms in total. The van der Waals surface area contributed by atoms with Gasteiger partial charge in [0.15, 0.2) is 0 Å². The third-order valence-electron chi connectivity index (χ3n) is 3.89. The van der Waals surface area contributed by atoms with Crippen molar-refractivity contribution in [2.45, 2.75) is 25.5 Å². The number of methoxy groups -OCH3 is 1. The summed E-state index contributed by atoms with van der Waals surface area (Å²) in [6.45, 7) is 5.76. The fraction of sp³-hybridized carbons (Fsp3) is 0.625. The topological polar surface area (TPSA) is 33.7 Å². The zero-order valence-corrected chi connectivity index (χ0v) is 13.8. The number of hydrogen-bond donors (Lipinski definition) is 1. The van der Waals surface area contributed by atoms with E-state index in [0.717, 1.165) is 49.0 Å². The SMILES string of the molecule is CCNC(Cc1cc(Cl)ccc1OC)C1CN(C)CCO1. The first kappa shape index (κ1) is 16.6. The van der Waals surface area contributed by atoms with Gasteiger partial charge in [0.05, 0.1) is 19.8 Å². The highest BCUT2D eigenvalue weighted by molar-refractivity contribution is 6.30. The number of ether oxygens (including phenoxy) is 2. The number of nitrogens with zero attached hydrogens (tertiary/aromatic N) is 1. The van der Waals surface area contributed by atoms with Crippen molar-refractivity contribution in [3.05, 3.63) is 28.8 Å². The third-order valence-corrected chi connectivity index (χ3v) is 4.13. The zero-order valence-electron chi connectivity index (χ0n) is 13.1. The lowest BCUT2D eigenvalue weighted by Gasteiger charge is -2.35. The fourth-order valence-electron chi connectivity index (χ4n) is 2.80. The van der Waals surface area contributed by atoms with Gasteiger partial charge in [-0.05, 0) is 43.8 Å². The summed E-state index contributed by atoms with van der Waals surface area (Å²) < 4.78 is 11.4. The summed E-state index contributed by atoms with van der Waals surface area (Å²) in [5.74, 6) is 0.881. The van der Waals surface area contributed by atoms with E-state index in [9.17, 15) is 0 Å². The summed E-state index contributed by atoms with van der Waals surface area (Å²) in [5, 5.41) is 4.28. The van der Waals surface area contributed by atoms with Crippen LogP contribution in [0.5, 0.6) is 5.75 Å². The van der Waals surface area contributed by atoms with E-state index in [1.165, 1.54) is 0 Å². The lowest BCUT2D eigenvalue weighted by atomic mass is 9.99. The van der Waals surface area contributed by atoms with Crippen molar-refractivity contribution < 1.29 is 9.47 Å². The largest absolute Gasteiger partial charge is 0.496 e. The Balaban J connectivity index is 2.13. The Kier molecular flexibility index (Phi) is 6.30. The average Bonchev–Trinajstić information content (AvgIpc) is 2.47. The van der Waals surface area contributed by atoms with Crippen molar-refractivity contribution in [2.24, 2.45) is 0 Å². The first-order valence-corrected chi connectivity index (χ1v) is 7.87. The molecule has 1 aromatic rings. The van der Waals surface area contributed by atoms with Crippen LogP contribution in [0.1, 0.15) is 12.5 Å². The van der Waals surface area contributed by atoms with Crippen molar-refractivity contribution in [1.82, 2.24) is 10.2 Å². The van der Waals surface area contributed by atoms with Crippen LogP contribution in [0.2, 0.25) is 5.02 Å². The Morgan fingerprint density at radius 2 is 2.33 bits per heavy atom. The number of nitrogens with one attached hydrogen (secondary N) is 1. The lowest BCUT2D eigenvalue weighted by Crippen LogP contribution is -2.52. The van der Waals surface area contributed by atoms with Crippen LogP contribution in [0.3, 0.4) is 0 Å². The van der Waals surface area contributed by atoms with Crippen molar-refractivity contribution >= 4 is 11.6 Å². The van der Waals surface area contributed by atoms with E-state index in [4.69, 9.17) is 21.1 Å². The predicted octanol–water partition coefficient (Wildman–Crippen LogP) is 2.20. The molecule has 1 N–H and O–H groups in total. The Morgan fingerprint density at radius 3 is 3.00 bits per heavy atom. The normalized spacial score (nSPS) is 21.2. The highest BCUT2D eigenvalue weighted by Crippen LogP contribution is 2.25. The third kappa shape index (κ3) is 4.58. The number of halogens is 1. The van der Waals surface area contributed by atoms with E-state index < -0.39 is 0 Å². The predicted molar refractivity (Wildman–Crippen MR) is 86.4 cm³/mol. The van der Waals surface area contributed by atoms with Crippen LogP contribution in [0.15, 0.2) is 18.2 Å². The van der Waals surface area contributed by atoms with Crippen molar-refractivity contribution in [2.75, 3.05) is 40.4 Å². The minimum atomic E-state index is 0.187. The lowest BCUT2D eigenvalue weighted by molar-refractivity contribution is -0.0382. The highest BCUT2D eigenvalue weighted by Gasteiger charge is 2.27. The summed E-state index contributed by atoms with van der Waals surface area (Å²) in [7, 11) is 3.83. The van der Waals surface area contributed by atoms with Gasteiger partial charge in [0.25, 0.3) is 0 Å². The second-order valence-electron chi connectivity index (χ2n) is 5.50. The van der Waals surface area contributed by atoms with E-state index in [1.807, 2.05) is 18.2 Å². The molecule has 1 heterocycles. The average molecular weight is 313 g/mol. The summed E-state index contributed by atoms with van der Waals surface area (Å²) >= 11 is 6.13. The molecule has 2 unspecified atom stereocenters. The van der Waals surface area contributed by atoms with Gasteiger partial charge in [0.1, 0.15) is 5.75 Å². The molecule has 1 aliphatic heterocycles. The molecule has 0 aromatic heterocycles. The zero-order chi connectivity index (χ0) is 15.2. The van der Waals surface area contributed by atoms with Gasteiger partial charge in [0.2, 0.25) is 0 Å². The van der Waals surface area contributed by atoms with Crippen molar-refractivity contribution in [3.8, 4) is 5.75 Å². The highest BCUT2D eigenvalue weighted by atomic mass is 35.5. The molecule has 1 aromatic carbocycles. The molecule has 0 aliphatic carbocycles. The number of likely N-dealkylation sites (N-methyl/N-ethyl adjacent to an activating group) is 2. The van der Waals surface area contributed by atoms with Crippen LogP contribution in [-0.2, 0) is 11.2 Å². The quantitative estimate of drug-likeness (QED) is 0.873. The molecular formula is C16H25ClN2O2. The van der Waals surface area contributed by atoms with Crippen LogP contribution in [0, 0.1) is 0 Å². The van der Waals surface area contributed by atoms with Gasteiger partial charge in [-0.1, -0.05) is 18.5 Å². The maximum atomic E-state index is 6.13. The molecule has 1 aliphatic rings. The van der Waals surface area contributed by atoms with Crippen LogP contribution in [0.25, 0.3) is 0 Å². The summed E-state index contributed by atoms with van der Waals surface area (Å²) in [6.07, 6.45) is 1.03. The fourth-order valence-corrected chi connectivity index (χ4v) is 2.99. The van der Waals surface area contributed by atoms with E-state index in [1.54, 1.807) is 7.11 Å². The molecular weight excluding hydrogens is 288 g/mol. The van der Waals surface area contributed by atoms with Gasteiger partial charge >= 0.3 is 0 Å². The Morgan fingerprint density at radius 1 is 1.52 bits per heavy atom. The standard InChI is InChI=1S/C16H25ClN2O2/c1-4-18-14(16-11-19(2)7-8-21-16)10-12-9-13(17)5-6-15(12)20-3/h5-6,9,14,16,18H,4,7-8,10-11H2,1-3H3. The second-order valence-corrected chi connectivity index (χ2v) is 5.93. The summed E-state index contributed by atoms with van der Waals surface area (Å²) in [4.78, 5) is 2.31. The first-order valence-electron chi connectivity index (χ1n) is 7.50. The molecule has 2 rings (SSSR count). The van der Waals surface area contributed by atoms with Crippen LogP contribution >= 0.6 is 11.6 Å². The van der Waals surface area contributed by atoms with Crippen LogP contribution in [-0.4, -0.2) is 57.4 Å². The maximum Gasteiger partial charge on any atom is 0.122 e. The van der Waals surface area contributed by atoms with Gasteiger partial charge in [0, 0.05) is 24.2 Å². The molecule has 118 valence electrons. The van der Waals surface area contributed by atoms with E-state index >= 15 is 0 Å². The molecule has 1 saturated heterocycles. The van der Waals surface area contributed by atoms with Gasteiger partial charge < -0.3 is 19.7 Å². The van der Waals surface area contributed by atoms with E-state index in [2.05, 4.69) is 24.2 Å². The molecule has 21 heavy (non-hydrogen) atoms. The van der Waals surface area contributed by atoms with Crippen LogP contribution in [0.4, 0.5) is 0 Å². The monoisotopic (exact) mass is 312 g/mol. The van der Waals surface area contributed by atoms with E-state index in [-0.39, 0.29) is 12.1 Å². The molecule has 0 radical (unpaired) electrons. The minimum absolute atomic E-state index is 0.187. The van der Waals surface area contributed by atoms with Gasteiger partial charge in [-0.3, -0.25) is 0 Å². The number of rotatable bonds is 6. The Labute approximate surface area is 132 Å². The second kappa shape index (κ2) is 7.99. The van der Waals surface area contributed by atoms with E-state index in [0.29, 0.717) is 0 Å². The smallest absolute Gasteiger partial charge is 0.122 e. The molecule has 1 fully saturated rings. The van der Waals surface area contributed by atoms with Gasteiger partial charge in [-0.2, -0.15) is 0 Å². The Hall–Kier alpha value is -0.810. The maximum absolute atomic E-state index is 6.13. The van der Waals surface area contributed by atoms with Gasteiger partial charge in [-0.25, -0.2) is 0 Å². The van der Waals surface area contributed by atoms with Crippen molar-refractivity contribution in [3.63, 3.8) is 0 Å². The molecule has 2 atom stereocenters. The Bertz CT molecular complexity index is 456. The van der Waals surface area contributed by atoms with Crippen LogP contribution < -0.4 is 10.1 Å². The molecule has 0 spiro atoms. The molecule has 0 bridgehead atoms.